The van der Waals surface area contributed by atoms with Crippen LogP contribution in [0.25, 0.3) is 0 Å². The van der Waals surface area contributed by atoms with Crippen LogP contribution in [0.2, 0.25) is 0 Å². The molecule has 0 fully saturated rings. The van der Waals surface area contributed by atoms with Crippen LogP contribution in [0.1, 0.15) is 19.4 Å². The summed E-state index contributed by atoms with van der Waals surface area (Å²) in [6.45, 7) is 4.09. The van der Waals surface area contributed by atoms with E-state index in [0.29, 0.717) is 12.2 Å². The number of rotatable bonds is 6. The average Bonchev–Trinajstić information content (AvgIpc) is 2.51. The molecule has 0 amide bonds. The van der Waals surface area contributed by atoms with Crippen molar-refractivity contribution in [1.82, 2.24) is 9.55 Å². The highest BCUT2D eigenvalue weighted by molar-refractivity contribution is 7.90. The Morgan fingerprint density at radius 3 is 2.45 bits per heavy atom. The van der Waals surface area contributed by atoms with Crippen LogP contribution < -0.4 is 10.9 Å². The third-order valence-corrected chi connectivity index (χ3v) is 4.95. The summed E-state index contributed by atoms with van der Waals surface area (Å²) in [6, 6.07) is 6.95. The van der Waals surface area contributed by atoms with Crippen LogP contribution in [0.4, 0.5) is 11.5 Å². The SMILES string of the molecule is CCn1ccnc(Nc2ccc(CS(=O)(=O)CC)cc2)c1=O. The van der Waals surface area contributed by atoms with E-state index in [1.807, 2.05) is 6.92 Å². The van der Waals surface area contributed by atoms with Crippen LogP contribution in [0.3, 0.4) is 0 Å². The van der Waals surface area contributed by atoms with Gasteiger partial charge >= 0.3 is 0 Å². The molecule has 2 rings (SSSR count). The molecule has 1 aromatic carbocycles. The van der Waals surface area contributed by atoms with Gasteiger partial charge in [0, 0.05) is 30.4 Å². The Hall–Kier alpha value is -2.15. The summed E-state index contributed by atoms with van der Waals surface area (Å²) in [5.41, 5.74) is 1.22. The largest absolute Gasteiger partial charge is 0.336 e. The van der Waals surface area contributed by atoms with Gasteiger partial charge in [0.25, 0.3) is 5.56 Å². The highest BCUT2D eigenvalue weighted by atomic mass is 32.2. The van der Waals surface area contributed by atoms with Crippen molar-refractivity contribution in [3.63, 3.8) is 0 Å². The molecule has 0 radical (unpaired) electrons. The third-order valence-electron chi connectivity index (χ3n) is 3.30. The van der Waals surface area contributed by atoms with Crippen LogP contribution in [0.15, 0.2) is 41.5 Å². The number of anilines is 2. The van der Waals surface area contributed by atoms with E-state index in [4.69, 9.17) is 0 Å². The maximum atomic E-state index is 12.1. The van der Waals surface area contributed by atoms with E-state index in [2.05, 4.69) is 10.3 Å². The summed E-state index contributed by atoms with van der Waals surface area (Å²) >= 11 is 0. The normalized spacial score (nSPS) is 11.4. The maximum Gasteiger partial charge on any atom is 0.293 e. The van der Waals surface area contributed by atoms with Gasteiger partial charge in [0.05, 0.1) is 5.75 Å². The molecule has 1 N–H and O–H groups in total. The Balaban J connectivity index is 2.17. The minimum absolute atomic E-state index is 0.0238. The molecule has 0 unspecified atom stereocenters. The lowest BCUT2D eigenvalue weighted by molar-refractivity contribution is 0.596. The van der Waals surface area contributed by atoms with Crippen LogP contribution in [-0.4, -0.2) is 23.7 Å². The van der Waals surface area contributed by atoms with Crippen molar-refractivity contribution in [2.75, 3.05) is 11.1 Å². The van der Waals surface area contributed by atoms with Crippen LogP contribution in [0.5, 0.6) is 0 Å². The summed E-state index contributed by atoms with van der Waals surface area (Å²) in [7, 11) is -3.05. The van der Waals surface area contributed by atoms with Crippen LogP contribution in [0, 0.1) is 0 Å². The minimum Gasteiger partial charge on any atom is -0.336 e. The molecular weight excluding hydrogens is 302 g/mol. The molecule has 22 heavy (non-hydrogen) atoms. The van der Waals surface area contributed by atoms with E-state index in [9.17, 15) is 13.2 Å². The van der Waals surface area contributed by atoms with Crippen molar-refractivity contribution < 1.29 is 8.42 Å². The van der Waals surface area contributed by atoms with E-state index in [1.54, 1.807) is 48.1 Å². The standard InChI is InChI=1S/C15H19N3O3S/c1-3-18-10-9-16-14(15(18)19)17-13-7-5-12(6-8-13)11-22(20,21)4-2/h5-10H,3-4,11H2,1-2H3,(H,16,17). The minimum atomic E-state index is -3.05. The molecule has 1 aromatic heterocycles. The highest BCUT2D eigenvalue weighted by Crippen LogP contribution is 2.15. The topological polar surface area (TPSA) is 81.1 Å². The summed E-state index contributed by atoms with van der Waals surface area (Å²) in [5, 5.41) is 2.96. The molecule has 0 bridgehead atoms. The van der Waals surface area contributed by atoms with Gasteiger partial charge < -0.3 is 9.88 Å². The van der Waals surface area contributed by atoms with E-state index in [1.165, 1.54) is 0 Å². The number of aryl methyl sites for hydroxylation is 1. The van der Waals surface area contributed by atoms with Crippen molar-refractivity contribution >= 4 is 21.3 Å². The van der Waals surface area contributed by atoms with Gasteiger partial charge in [-0.3, -0.25) is 4.79 Å². The molecular formula is C15H19N3O3S. The molecule has 0 atom stereocenters. The number of hydrogen-bond acceptors (Lipinski definition) is 5. The Kier molecular flexibility index (Phi) is 4.97. The summed E-state index contributed by atoms with van der Waals surface area (Å²) in [4.78, 5) is 16.1. The van der Waals surface area contributed by atoms with Crippen LogP contribution in [-0.2, 0) is 22.1 Å². The van der Waals surface area contributed by atoms with Crippen molar-refractivity contribution in [1.29, 1.82) is 0 Å². The predicted molar refractivity (Wildman–Crippen MR) is 87.1 cm³/mol. The lowest BCUT2D eigenvalue weighted by Gasteiger charge is -2.08. The fraction of sp³-hybridized carbons (Fsp3) is 0.333. The average molecular weight is 321 g/mol. The molecule has 7 heteroatoms. The van der Waals surface area contributed by atoms with Gasteiger partial charge in [-0.1, -0.05) is 19.1 Å². The monoisotopic (exact) mass is 321 g/mol. The van der Waals surface area contributed by atoms with Crippen molar-refractivity contribution in [3.05, 3.63) is 52.6 Å². The third kappa shape index (κ3) is 3.94. The second-order valence-electron chi connectivity index (χ2n) is 4.87. The number of sulfone groups is 1. The Bertz CT molecular complexity index is 796. The Morgan fingerprint density at radius 1 is 1.18 bits per heavy atom. The lowest BCUT2D eigenvalue weighted by Crippen LogP contribution is -2.22. The first kappa shape index (κ1) is 16.2. The van der Waals surface area contributed by atoms with Gasteiger partial charge in [-0.15, -0.1) is 0 Å². The Labute approximate surface area is 129 Å². The second-order valence-corrected chi connectivity index (χ2v) is 7.22. The van der Waals surface area contributed by atoms with E-state index < -0.39 is 9.84 Å². The maximum absolute atomic E-state index is 12.1. The smallest absolute Gasteiger partial charge is 0.293 e. The number of nitrogens with one attached hydrogen (secondary N) is 1. The number of aromatic nitrogens is 2. The van der Waals surface area contributed by atoms with Gasteiger partial charge in [-0.05, 0) is 24.6 Å². The van der Waals surface area contributed by atoms with Crippen molar-refractivity contribution in [2.24, 2.45) is 0 Å². The lowest BCUT2D eigenvalue weighted by atomic mass is 10.2. The molecule has 0 aliphatic carbocycles. The number of benzene rings is 1. The first-order valence-electron chi connectivity index (χ1n) is 7.07. The molecule has 0 spiro atoms. The zero-order chi connectivity index (χ0) is 16.2. The molecule has 6 nitrogen and oxygen atoms in total. The quantitative estimate of drug-likeness (QED) is 0.879. The van der Waals surface area contributed by atoms with Crippen molar-refractivity contribution in [2.45, 2.75) is 26.1 Å². The van der Waals surface area contributed by atoms with Crippen molar-refractivity contribution in [3.8, 4) is 0 Å². The number of nitrogens with zero attached hydrogens (tertiary/aromatic N) is 2. The van der Waals surface area contributed by atoms with Gasteiger partial charge in [0.1, 0.15) is 0 Å². The summed E-state index contributed by atoms with van der Waals surface area (Å²) in [5.74, 6) is 0.395. The molecule has 1 heterocycles. The zero-order valence-corrected chi connectivity index (χ0v) is 13.4. The van der Waals surface area contributed by atoms with E-state index in [0.717, 1.165) is 5.56 Å². The molecule has 118 valence electrons. The van der Waals surface area contributed by atoms with Crippen LogP contribution >= 0.6 is 0 Å². The first-order chi connectivity index (χ1) is 10.4. The van der Waals surface area contributed by atoms with E-state index in [-0.39, 0.29) is 22.9 Å². The second kappa shape index (κ2) is 6.74. The Morgan fingerprint density at radius 2 is 1.86 bits per heavy atom. The van der Waals surface area contributed by atoms with Gasteiger partial charge in [-0.25, -0.2) is 13.4 Å². The summed E-state index contributed by atoms with van der Waals surface area (Å²) < 4.78 is 24.7. The number of hydrogen-bond donors (Lipinski definition) is 1. The fourth-order valence-corrected chi connectivity index (χ4v) is 2.86. The van der Waals surface area contributed by atoms with Gasteiger partial charge in [0.15, 0.2) is 15.7 Å². The molecule has 2 aromatic rings. The molecule has 0 aliphatic heterocycles. The predicted octanol–water partition coefficient (Wildman–Crippen LogP) is 1.94. The highest BCUT2D eigenvalue weighted by Gasteiger charge is 2.09. The first-order valence-corrected chi connectivity index (χ1v) is 8.89. The molecule has 0 aliphatic rings. The van der Waals surface area contributed by atoms with Gasteiger partial charge in [0.2, 0.25) is 0 Å². The van der Waals surface area contributed by atoms with E-state index >= 15 is 0 Å². The molecule has 0 saturated carbocycles. The summed E-state index contributed by atoms with van der Waals surface area (Å²) in [6.07, 6.45) is 3.20. The van der Waals surface area contributed by atoms with Gasteiger partial charge in [-0.2, -0.15) is 0 Å². The zero-order valence-electron chi connectivity index (χ0n) is 12.6. The fourth-order valence-electron chi connectivity index (χ4n) is 1.96. The molecule has 0 saturated heterocycles.